The summed E-state index contributed by atoms with van der Waals surface area (Å²) < 4.78 is 9.81. The Bertz CT molecular complexity index is 325. The van der Waals surface area contributed by atoms with E-state index in [0.29, 0.717) is 6.61 Å². The molecule has 3 heteroatoms. The number of unbranched alkanes of at least 4 members (excludes halogenated alkanes) is 3. The molecule has 17 heavy (non-hydrogen) atoms. The molecule has 0 N–H and O–H groups in total. The first kappa shape index (κ1) is 15.4. The molecule has 0 aliphatic heterocycles. The van der Waals surface area contributed by atoms with E-state index in [1.54, 1.807) is 0 Å². The zero-order valence-corrected chi connectivity index (χ0v) is 10.8. The first-order valence-corrected chi connectivity index (χ1v) is 5.98. The number of esters is 1. The number of hydrogen-bond acceptors (Lipinski definition) is 3. The molecule has 1 atom stereocenters. The molecule has 94 valence electrons. The minimum absolute atomic E-state index is 0.386. The van der Waals surface area contributed by atoms with Crippen molar-refractivity contribution in [1.82, 2.24) is 0 Å². The van der Waals surface area contributed by atoms with Gasteiger partial charge in [0.2, 0.25) is 6.10 Å². The maximum atomic E-state index is 10.8. The van der Waals surface area contributed by atoms with Gasteiger partial charge in [0.05, 0.1) is 6.61 Å². The Balaban J connectivity index is 4.18. The van der Waals surface area contributed by atoms with Crippen LogP contribution in [0.1, 0.15) is 46.5 Å². The SMILES string of the molecule is CCCCCC#CC(C#COCC)OC(C)=O. The van der Waals surface area contributed by atoms with Crippen molar-refractivity contribution in [2.45, 2.75) is 52.6 Å². The highest BCUT2D eigenvalue weighted by Crippen LogP contribution is 1.97. The maximum absolute atomic E-state index is 10.8. The minimum Gasteiger partial charge on any atom is -0.447 e. The number of ether oxygens (including phenoxy) is 2. The smallest absolute Gasteiger partial charge is 0.304 e. The van der Waals surface area contributed by atoms with Gasteiger partial charge in [0.15, 0.2) is 0 Å². The third-order valence-corrected chi connectivity index (χ3v) is 1.83. The molecule has 0 radical (unpaired) electrons. The van der Waals surface area contributed by atoms with E-state index in [-0.39, 0.29) is 5.97 Å². The van der Waals surface area contributed by atoms with Crippen molar-refractivity contribution in [2.24, 2.45) is 0 Å². The second-order valence-corrected chi connectivity index (χ2v) is 3.45. The van der Waals surface area contributed by atoms with E-state index < -0.39 is 6.10 Å². The largest absolute Gasteiger partial charge is 0.447 e. The third-order valence-electron chi connectivity index (χ3n) is 1.83. The van der Waals surface area contributed by atoms with Crippen LogP contribution in [0, 0.1) is 23.9 Å². The summed E-state index contributed by atoms with van der Waals surface area (Å²) in [5.74, 6) is 8.06. The van der Waals surface area contributed by atoms with E-state index in [0.717, 1.165) is 19.3 Å². The lowest BCUT2D eigenvalue weighted by Crippen LogP contribution is -2.12. The summed E-state index contributed by atoms with van der Waals surface area (Å²) in [4.78, 5) is 10.8. The van der Waals surface area contributed by atoms with Crippen LogP contribution in [0.2, 0.25) is 0 Å². The van der Waals surface area contributed by atoms with Crippen molar-refractivity contribution in [3.05, 3.63) is 0 Å². The van der Waals surface area contributed by atoms with Gasteiger partial charge in [0, 0.05) is 13.3 Å². The summed E-state index contributed by atoms with van der Waals surface area (Å²) in [6.45, 7) is 5.83. The maximum Gasteiger partial charge on any atom is 0.304 e. The lowest BCUT2D eigenvalue weighted by Gasteiger charge is -2.02. The van der Waals surface area contributed by atoms with E-state index in [4.69, 9.17) is 9.47 Å². The van der Waals surface area contributed by atoms with Gasteiger partial charge in [-0.25, -0.2) is 0 Å². The van der Waals surface area contributed by atoms with Crippen LogP contribution >= 0.6 is 0 Å². The first-order chi connectivity index (χ1) is 8.20. The molecule has 0 amide bonds. The van der Waals surface area contributed by atoms with Crippen LogP contribution in [0.3, 0.4) is 0 Å². The molecule has 0 spiro atoms. The second kappa shape index (κ2) is 10.9. The summed E-state index contributed by atoms with van der Waals surface area (Å²) in [5.41, 5.74) is 0. The molecule has 0 aliphatic rings. The lowest BCUT2D eigenvalue weighted by molar-refractivity contribution is -0.141. The van der Waals surface area contributed by atoms with Crippen LogP contribution in [0.15, 0.2) is 0 Å². The van der Waals surface area contributed by atoms with E-state index in [1.807, 2.05) is 6.92 Å². The van der Waals surface area contributed by atoms with Gasteiger partial charge in [0.25, 0.3) is 0 Å². The molecule has 0 aromatic carbocycles. The van der Waals surface area contributed by atoms with Crippen molar-refractivity contribution in [3.63, 3.8) is 0 Å². The molecule has 1 unspecified atom stereocenters. The predicted molar refractivity (Wildman–Crippen MR) is 66.9 cm³/mol. The standard InChI is InChI=1S/C14H20O3/c1-4-6-7-8-9-10-14(17-13(3)15)11-12-16-5-2/h14H,4-8H2,1-3H3. The summed E-state index contributed by atoms with van der Waals surface area (Å²) in [6.07, 6.45) is 5.99. The van der Waals surface area contributed by atoms with Crippen molar-refractivity contribution in [1.29, 1.82) is 0 Å². The average molecular weight is 236 g/mol. The van der Waals surface area contributed by atoms with Crippen LogP contribution < -0.4 is 0 Å². The number of carbonyl (C=O) groups excluding carboxylic acids is 1. The van der Waals surface area contributed by atoms with Gasteiger partial charge in [-0.05, 0) is 25.2 Å². The summed E-state index contributed by atoms with van der Waals surface area (Å²) in [6, 6.07) is 0. The average Bonchev–Trinajstić information content (AvgIpc) is 2.28. The Morgan fingerprint density at radius 2 is 2.00 bits per heavy atom. The second-order valence-electron chi connectivity index (χ2n) is 3.45. The highest BCUT2D eigenvalue weighted by molar-refractivity contribution is 5.67. The van der Waals surface area contributed by atoms with E-state index >= 15 is 0 Å². The molecular formula is C14H20O3. The van der Waals surface area contributed by atoms with E-state index in [2.05, 4.69) is 30.8 Å². The van der Waals surface area contributed by atoms with Crippen LogP contribution in [0.4, 0.5) is 0 Å². The van der Waals surface area contributed by atoms with E-state index in [9.17, 15) is 4.79 Å². The molecule has 0 rings (SSSR count). The van der Waals surface area contributed by atoms with Crippen molar-refractivity contribution < 1.29 is 14.3 Å². The lowest BCUT2D eigenvalue weighted by atomic mass is 10.2. The number of carbonyl (C=O) groups is 1. The molecular weight excluding hydrogens is 216 g/mol. The fourth-order valence-corrected chi connectivity index (χ4v) is 1.06. The molecule has 0 saturated heterocycles. The fraction of sp³-hybridized carbons (Fsp3) is 0.643. The monoisotopic (exact) mass is 236 g/mol. The van der Waals surface area contributed by atoms with Gasteiger partial charge in [-0.3, -0.25) is 4.79 Å². The van der Waals surface area contributed by atoms with Crippen LogP contribution in [-0.4, -0.2) is 18.7 Å². The Morgan fingerprint density at radius 1 is 1.24 bits per heavy atom. The van der Waals surface area contributed by atoms with Crippen molar-refractivity contribution in [2.75, 3.05) is 6.61 Å². The Labute approximate surface area is 104 Å². The number of hydrogen-bond donors (Lipinski definition) is 0. The molecule has 0 fully saturated rings. The molecule has 0 saturated carbocycles. The van der Waals surface area contributed by atoms with Crippen molar-refractivity contribution >= 4 is 5.97 Å². The highest BCUT2D eigenvalue weighted by atomic mass is 16.5. The van der Waals surface area contributed by atoms with Crippen LogP contribution in [0.25, 0.3) is 0 Å². The molecule has 3 nitrogen and oxygen atoms in total. The van der Waals surface area contributed by atoms with Crippen LogP contribution in [-0.2, 0) is 14.3 Å². The predicted octanol–water partition coefficient (Wildman–Crippen LogP) is 2.50. The third kappa shape index (κ3) is 10.7. The minimum atomic E-state index is -0.680. The highest BCUT2D eigenvalue weighted by Gasteiger charge is 2.03. The van der Waals surface area contributed by atoms with Gasteiger partial charge < -0.3 is 9.47 Å². The zero-order chi connectivity index (χ0) is 12.9. The number of rotatable bonds is 5. The molecule has 0 heterocycles. The zero-order valence-electron chi connectivity index (χ0n) is 10.8. The van der Waals surface area contributed by atoms with Gasteiger partial charge in [-0.15, -0.1) is 0 Å². The molecule has 0 aromatic rings. The van der Waals surface area contributed by atoms with Gasteiger partial charge in [-0.1, -0.05) is 25.7 Å². The van der Waals surface area contributed by atoms with Crippen molar-refractivity contribution in [3.8, 4) is 23.9 Å². The molecule has 0 aliphatic carbocycles. The Hall–Kier alpha value is -1.61. The Morgan fingerprint density at radius 3 is 2.59 bits per heavy atom. The normalized spacial score (nSPS) is 10.3. The van der Waals surface area contributed by atoms with Gasteiger partial charge in [0.1, 0.15) is 6.11 Å². The quantitative estimate of drug-likeness (QED) is 0.418. The van der Waals surface area contributed by atoms with E-state index in [1.165, 1.54) is 13.3 Å². The van der Waals surface area contributed by atoms with Gasteiger partial charge in [-0.2, -0.15) is 0 Å². The fourth-order valence-electron chi connectivity index (χ4n) is 1.06. The molecule has 0 bridgehead atoms. The summed E-state index contributed by atoms with van der Waals surface area (Å²) in [5, 5.41) is 0. The van der Waals surface area contributed by atoms with Gasteiger partial charge >= 0.3 is 5.97 Å². The summed E-state index contributed by atoms with van der Waals surface area (Å²) >= 11 is 0. The van der Waals surface area contributed by atoms with Crippen LogP contribution in [0.5, 0.6) is 0 Å². The topological polar surface area (TPSA) is 35.5 Å². The molecule has 0 aromatic heterocycles. The summed E-state index contributed by atoms with van der Waals surface area (Å²) in [7, 11) is 0. The Kier molecular flexibility index (Phi) is 9.86. The first-order valence-electron chi connectivity index (χ1n) is 5.98.